The molecular formula is C16H11BrF3N3. The van der Waals surface area contributed by atoms with Crippen LogP contribution in [0.15, 0.2) is 53.0 Å². The summed E-state index contributed by atoms with van der Waals surface area (Å²) in [5.74, 6) is 0. The van der Waals surface area contributed by atoms with Crippen LogP contribution in [0.2, 0.25) is 0 Å². The zero-order valence-corrected chi connectivity index (χ0v) is 13.2. The molecule has 0 atom stereocenters. The molecule has 0 bridgehead atoms. The van der Waals surface area contributed by atoms with Gasteiger partial charge in [-0.15, -0.1) is 0 Å². The van der Waals surface area contributed by atoms with Crippen LogP contribution in [-0.4, -0.2) is 11.2 Å². The van der Waals surface area contributed by atoms with Gasteiger partial charge in [-0.2, -0.15) is 13.2 Å². The van der Waals surface area contributed by atoms with Gasteiger partial charge in [0, 0.05) is 21.1 Å². The van der Waals surface area contributed by atoms with Crippen molar-refractivity contribution in [2.24, 2.45) is 0 Å². The zero-order valence-electron chi connectivity index (χ0n) is 11.6. The van der Waals surface area contributed by atoms with Crippen LogP contribution in [0.25, 0.3) is 22.2 Å². The van der Waals surface area contributed by atoms with Gasteiger partial charge in [0.05, 0.1) is 0 Å². The molecule has 3 aromatic rings. The lowest BCUT2D eigenvalue weighted by molar-refractivity contribution is -0.165. The minimum Gasteiger partial charge on any atom is -0.354 e. The van der Waals surface area contributed by atoms with E-state index in [1.54, 1.807) is 12.1 Å². The Hall–Kier alpha value is -1.83. The Bertz CT molecular complexity index is 880. The first kappa shape index (κ1) is 14.7. The van der Waals surface area contributed by atoms with E-state index in [-0.39, 0.29) is 5.56 Å². The largest absolute Gasteiger partial charge is 0.426 e. The predicted molar refractivity (Wildman–Crippen MR) is 85.4 cm³/mol. The lowest BCUT2D eigenvalue weighted by Gasteiger charge is -2.16. The molecule has 1 aromatic heterocycles. The van der Waals surface area contributed by atoms with E-state index in [0.29, 0.717) is 0 Å². The summed E-state index contributed by atoms with van der Waals surface area (Å²) in [6.07, 6.45) is -4.39. The fourth-order valence-corrected chi connectivity index (χ4v) is 3.03. The quantitative estimate of drug-likeness (QED) is 0.575. The summed E-state index contributed by atoms with van der Waals surface area (Å²) in [5, 5.41) is 1.05. The van der Waals surface area contributed by atoms with Gasteiger partial charge in [-0.25, -0.2) is 10.9 Å². The molecule has 1 aliphatic heterocycles. The summed E-state index contributed by atoms with van der Waals surface area (Å²) in [5.41, 5.74) is 5.10. The number of fused-ring (bicyclic) bond motifs is 1. The number of alkyl halides is 3. The molecule has 0 aliphatic carbocycles. The summed E-state index contributed by atoms with van der Waals surface area (Å²) in [7, 11) is 0. The molecule has 0 radical (unpaired) electrons. The van der Waals surface area contributed by atoms with Gasteiger partial charge in [0.1, 0.15) is 0 Å². The van der Waals surface area contributed by atoms with E-state index >= 15 is 0 Å². The van der Waals surface area contributed by atoms with Crippen LogP contribution in [0.4, 0.5) is 13.2 Å². The highest BCUT2D eigenvalue weighted by molar-refractivity contribution is 9.10. The number of benzene rings is 2. The first-order valence-electron chi connectivity index (χ1n) is 6.89. The Balaban J connectivity index is 1.70. The zero-order chi connectivity index (χ0) is 16.2. The maximum absolute atomic E-state index is 13.0. The highest BCUT2D eigenvalue weighted by atomic mass is 79.9. The van der Waals surface area contributed by atoms with E-state index in [4.69, 9.17) is 0 Å². The van der Waals surface area contributed by atoms with Crippen molar-refractivity contribution in [3.63, 3.8) is 0 Å². The Morgan fingerprint density at radius 1 is 0.913 bits per heavy atom. The summed E-state index contributed by atoms with van der Waals surface area (Å²) >= 11 is 3.41. The molecule has 3 nitrogen and oxygen atoms in total. The number of rotatable bonds is 2. The second kappa shape index (κ2) is 4.83. The van der Waals surface area contributed by atoms with Crippen LogP contribution in [0.3, 0.4) is 0 Å². The average molecular weight is 382 g/mol. The highest BCUT2D eigenvalue weighted by Crippen LogP contribution is 2.42. The third-order valence-corrected chi connectivity index (χ3v) is 4.51. The number of hydrogen-bond donors (Lipinski definition) is 3. The molecule has 0 unspecified atom stereocenters. The molecule has 1 fully saturated rings. The summed E-state index contributed by atoms with van der Waals surface area (Å²) in [6, 6.07) is 14.2. The van der Waals surface area contributed by atoms with Crippen molar-refractivity contribution in [3.05, 3.63) is 58.6 Å². The van der Waals surface area contributed by atoms with Crippen molar-refractivity contribution < 1.29 is 13.2 Å². The van der Waals surface area contributed by atoms with Crippen LogP contribution in [0.1, 0.15) is 5.56 Å². The molecule has 4 rings (SSSR count). The smallest absolute Gasteiger partial charge is 0.354 e. The van der Waals surface area contributed by atoms with E-state index in [2.05, 4.69) is 31.8 Å². The minimum absolute atomic E-state index is 0.146. The Morgan fingerprint density at radius 3 is 2.22 bits per heavy atom. The van der Waals surface area contributed by atoms with Crippen molar-refractivity contribution in [3.8, 4) is 11.3 Å². The van der Waals surface area contributed by atoms with Gasteiger partial charge >= 0.3 is 6.18 Å². The van der Waals surface area contributed by atoms with Gasteiger partial charge in [-0.05, 0) is 29.3 Å². The van der Waals surface area contributed by atoms with Crippen LogP contribution in [-0.2, 0) is 5.66 Å². The average Bonchev–Trinajstić information content (AvgIpc) is 3.22. The first-order valence-corrected chi connectivity index (χ1v) is 7.69. The van der Waals surface area contributed by atoms with E-state index in [1.165, 1.54) is 12.1 Å². The SMILES string of the molecule is FC(F)(F)C1(c2ccc(-c3cc4ccc(Br)cc4[nH]3)cc2)NN1. The van der Waals surface area contributed by atoms with E-state index in [9.17, 15) is 13.2 Å². The Morgan fingerprint density at radius 2 is 1.61 bits per heavy atom. The number of nitrogens with one attached hydrogen (secondary N) is 3. The number of hydrogen-bond acceptors (Lipinski definition) is 2. The van der Waals surface area contributed by atoms with Crippen molar-refractivity contribution in [1.29, 1.82) is 0 Å². The van der Waals surface area contributed by atoms with Crippen LogP contribution in [0, 0.1) is 0 Å². The van der Waals surface area contributed by atoms with Crippen molar-refractivity contribution >= 4 is 26.8 Å². The Labute approximate surface area is 138 Å². The molecule has 0 amide bonds. The number of aromatic nitrogens is 1. The van der Waals surface area contributed by atoms with Gasteiger partial charge < -0.3 is 4.98 Å². The van der Waals surface area contributed by atoms with Crippen molar-refractivity contribution in [1.82, 2.24) is 15.8 Å². The molecule has 1 aliphatic rings. The molecule has 3 N–H and O–H groups in total. The second-order valence-electron chi connectivity index (χ2n) is 5.49. The van der Waals surface area contributed by atoms with Crippen LogP contribution < -0.4 is 10.9 Å². The van der Waals surface area contributed by atoms with Crippen LogP contribution >= 0.6 is 15.9 Å². The van der Waals surface area contributed by atoms with E-state index < -0.39 is 11.8 Å². The van der Waals surface area contributed by atoms with Crippen molar-refractivity contribution in [2.75, 3.05) is 0 Å². The Kier molecular flexibility index (Phi) is 3.10. The molecule has 0 spiro atoms. The van der Waals surface area contributed by atoms with Crippen LogP contribution in [0.5, 0.6) is 0 Å². The third-order valence-electron chi connectivity index (χ3n) is 4.01. The summed E-state index contributed by atoms with van der Waals surface area (Å²) < 4.78 is 40.1. The fraction of sp³-hybridized carbons (Fsp3) is 0.125. The number of hydrazine groups is 1. The van der Waals surface area contributed by atoms with E-state index in [0.717, 1.165) is 26.6 Å². The van der Waals surface area contributed by atoms with Gasteiger partial charge in [0.15, 0.2) is 0 Å². The normalized spacial score (nSPS) is 16.7. The third kappa shape index (κ3) is 2.36. The topological polar surface area (TPSA) is 59.7 Å². The number of halogens is 4. The standard InChI is InChI=1S/C16H11BrF3N3/c17-12-6-3-10-7-13(21-14(10)8-12)9-1-4-11(5-2-9)15(22-23-15)16(18,19)20/h1-8,21-23H. The highest BCUT2D eigenvalue weighted by Gasteiger charge is 2.65. The molecule has 23 heavy (non-hydrogen) atoms. The monoisotopic (exact) mass is 381 g/mol. The number of aromatic amines is 1. The molecule has 2 heterocycles. The van der Waals surface area contributed by atoms with Gasteiger partial charge in [-0.3, -0.25) is 0 Å². The summed E-state index contributed by atoms with van der Waals surface area (Å²) in [6.45, 7) is 0. The first-order chi connectivity index (χ1) is 10.9. The summed E-state index contributed by atoms with van der Waals surface area (Å²) in [4.78, 5) is 3.27. The van der Waals surface area contributed by atoms with Gasteiger partial charge in [0.25, 0.3) is 0 Å². The molecule has 7 heteroatoms. The lowest BCUT2D eigenvalue weighted by Crippen LogP contribution is -2.34. The molecule has 0 saturated carbocycles. The maximum atomic E-state index is 13.0. The molecule has 118 valence electrons. The van der Waals surface area contributed by atoms with Gasteiger partial charge in [0.2, 0.25) is 5.66 Å². The maximum Gasteiger partial charge on any atom is 0.426 e. The number of H-pyrrole nitrogens is 1. The molecular weight excluding hydrogens is 371 g/mol. The molecule has 1 saturated heterocycles. The fourth-order valence-electron chi connectivity index (χ4n) is 2.67. The lowest BCUT2D eigenvalue weighted by atomic mass is 10.0. The van der Waals surface area contributed by atoms with Crippen molar-refractivity contribution in [2.45, 2.75) is 11.8 Å². The minimum atomic E-state index is -4.39. The second-order valence-corrected chi connectivity index (χ2v) is 6.41. The van der Waals surface area contributed by atoms with Gasteiger partial charge in [-0.1, -0.05) is 46.3 Å². The molecule has 2 aromatic carbocycles. The predicted octanol–water partition coefficient (Wildman–Crippen LogP) is 4.42. The van der Waals surface area contributed by atoms with E-state index in [1.807, 2.05) is 24.3 Å².